The molecule has 1 fully saturated rings. The van der Waals surface area contributed by atoms with E-state index < -0.39 is 15.8 Å². The predicted octanol–water partition coefficient (Wildman–Crippen LogP) is 4.00. The molecule has 3 nitrogen and oxygen atoms in total. The lowest BCUT2D eigenvalue weighted by Crippen LogP contribution is -2.30. The van der Waals surface area contributed by atoms with Gasteiger partial charge in [0.1, 0.15) is 5.82 Å². The average molecular weight is 340 g/mol. The monoisotopic (exact) mass is 339 g/mol. The van der Waals surface area contributed by atoms with Crippen molar-refractivity contribution in [2.45, 2.75) is 23.8 Å². The van der Waals surface area contributed by atoms with E-state index in [4.69, 9.17) is 11.6 Å². The molecular formula is C16H15ClFNO2S. The van der Waals surface area contributed by atoms with Gasteiger partial charge in [0.15, 0.2) is 0 Å². The molecule has 22 heavy (non-hydrogen) atoms. The number of sulfonamides is 1. The second-order valence-corrected chi connectivity index (χ2v) is 7.61. The highest BCUT2D eigenvalue weighted by molar-refractivity contribution is 7.89. The van der Waals surface area contributed by atoms with Crippen LogP contribution in [0.2, 0.25) is 5.02 Å². The third-order valence-electron chi connectivity index (χ3n) is 3.88. The maximum atomic E-state index is 13.0. The Morgan fingerprint density at radius 3 is 2.32 bits per heavy atom. The third-order valence-corrected chi connectivity index (χ3v) is 6.05. The molecule has 1 aliphatic heterocycles. The van der Waals surface area contributed by atoms with Gasteiger partial charge in [0, 0.05) is 11.6 Å². The Morgan fingerprint density at radius 2 is 1.68 bits per heavy atom. The van der Waals surface area contributed by atoms with Crippen molar-refractivity contribution >= 4 is 21.6 Å². The summed E-state index contributed by atoms with van der Waals surface area (Å²) >= 11 is 5.89. The van der Waals surface area contributed by atoms with Crippen molar-refractivity contribution < 1.29 is 12.8 Å². The van der Waals surface area contributed by atoms with Crippen LogP contribution in [0.15, 0.2) is 53.4 Å². The van der Waals surface area contributed by atoms with Crippen LogP contribution in [0.3, 0.4) is 0 Å². The Morgan fingerprint density at radius 1 is 1.05 bits per heavy atom. The van der Waals surface area contributed by atoms with Gasteiger partial charge >= 0.3 is 0 Å². The maximum Gasteiger partial charge on any atom is 0.243 e. The molecule has 0 amide bonds. The zero-order valence-corrected chi connectivity index (χ0v) is 13.3. The fraction of sp³-hybridized carbons (Fsp3) is 0.250. The highest BCUT2D eigenvalue weighted by atomic mass is 35.5. The molecule has 2 aromatic rings. The second kappa shape index (κ2) is 5.99. The number of benzene rings is 2. The van der Waals surface area contributed by atoms with Crippen molar-refractivity contribution in [3.05, 3.63) is 64.9 Å². The lowest BCUT2D eigenvalue weighted by Gasteiger charge is -2.24. The Bertz CT molecular complexity index is 760. The normalized spacial score (nSPS) is 19.5. The lowest BCUT2D eigenvalue weighted by molar-refractivity contribution is 0.396. The van der Waals surface area contributed by atoms with Crippen molar-refractivity contribution in [1.29, 1.82) is 0 Å². The van der Waals surface area contributed by atoms with E-state index in [0.717, 1.165) is 18.4 Å². The maximum absolute atomic E-state index is 13.0. The van der Waals surface area contributed by atoms with Crippen LogP contribution >= 0.6 is 11.6 Å². The molecule has 0 unspecified atom stereocenters. The van der Waals surface area contributed by atoms with Crippen LogP contribution in [0.4, 0.5) is 4.39 Å². The lowest BCUT2D eigenvalue weighted by atomic mass is 10.1. The van der Waals surface area contributed by atoms with Crippen LogP contribution in [0.25, 0.3) is 0 Å². The van der Waals surface area contributed by atoms with Gasteiger partial charge in [-0.25, -0.2) is 12.8 Å². The molecule has 0 aliphatic carbocycles. The van der Waals surface area contributed by atoms with Crippen LogP contribution in [0.1, 0.15) is 24.4 Å². The molecule has 2 aromatic carbocycles. The van der Waals surface area contributed by atoms with Crippen LogP contribution in [-0.4, -0.2) is 19.3 Å². The number of hydrogen-bond donors (Lipinski definition) is 0. The first kappa shape index (κ1) is 15.5. The first-order valence-corrected chi connectivity index (χ1v) is 8.83. The van der Waals surface area contributed by atoms with Crippen molar-refractivity contribution in [2.75, 3.05) is 6.54 Å². The summed E-state index contributed by atoms with van der Waals surface area (Å²) in [6.07, 6.45) is 1.57. The highest BCUT2D eigenvalue weighted by Crippen LogP contribution is 2.36. The smallest absolute Gasteiger partial charge is 0.207 e. The molecule has 0 bridgehead atoms. The molecule has 0 radical (unpaired) electrons. The van der Waals surface area contributed by atoms with Gasteiger partial charge in [-0.3, -0.25) is 0 Å². The summed E-state index contributed by atoms with van der Waals surface area (Å²) in [7, 11) is -3.63. The molecule has 1 aliphatic rings. The van der Waals surface area contributed by atoms with E-state index in [2.05, 4.69) is 0 Å². The van der Waals surface area contributed by atoms with E-state index in [-0.39, 0.29) is 10.9 Å². The standard InChI is InChI=1S/C16H15ClFNO2S/c17-13-5-3-12(4-6-13)16-2-1-11-19(16)22(20,21)15-9-7-14(18)8-10-15/h3-10,16H,1-2,11H2/t16-/m1/s1. The second-order valence-electron chi connectivity index (χ2n) is 5.28. The molecule has 1 atom stereocenters. The van der Waals surface area contributed by atoms with E-state index in [1.165, 1.54) is 28.6 Å². The molecule has 0 aromatic heterocycles. The number of hydrogen-bond acceptors (Lipinski definition) is 2. The summed E-state index contributed by atoms with van der Waals surface area (Å²) in [6, 6.07) is 12.0. The first-order valence-electron chi connectivity index (χ1n) is 7.01. The molecule has 3 rings (SSSR count). The summed E-state index contributed by atoms with van der Waals surface area (Å²) in [4.78, 5) is 0.120. The summed E-state index contributed by atoms with van der Waals surface area (Å²) in [5.41, 5.74) is 0.924. The number of halogens is 2. The molecule has 0 spiro atoms. The quantitative estimate of drug-likeness (QED) is 0.847. The van der Waals surface area contributed by atoms with Crippen LogP contribution < -0.4 is 0 Å². The van der Waals surface area contributed by atoms with Gasteiger partial charge in [0.05, 0.1) is 10.9 Å². The zero-order valence-electron chi connectivity index (χ0n) is 11.7. The molecule has 116 valence electrons. The van der Waals surface area contributed by atoms with Crippen LogP contribution in [0, 0.1) is 5.82 Å². The van der Waals surface area contributed by atoms with Gasteiger partial charge in [-0.05, 0) is 54.8 Å². The van der Waals surface area contributed by atoms with Crippen molar-refractivity contribution in [3.8, 4) is 0 Å². The van der Waals surface area contributed by atoms with Crippen molar-refractivity contribution in [2.24, 2.45) is 0 Å². The van der Waals surface area contributed by atoms with Crippen molar-refractivity contribution in [1.82, 2.24) is 4.31 Å². The molecule has 1 heterocycles. The minimum atomic E-state index is -3.63. The molecule has 1 saturated heterocycles. The highest BCUT2D eigenvalue weighted by Gasteiger charge is 2.36. The summed E-state index contributed by atoms with van der Waals surface area (Å²) in [5.74, 6) is -0.449. The van der Waals surface area contributed by atoms with Gasteiger partial charge in [-0.1, -0.05) is 23.7 Å². The van der Waals surface area contributed by atoms with Crippen LogP contribution in [-0.2, 0) is 10.0 Å². The van der Waals surface area contributed by atoms with Gasteiger partial charge in [-0.2, -0.15) is 4.31 Å². The average Bonchev–Trinajstić information content (AvgIpc) is 2.99. The number of nitrogens with zero attached hydrogens (tertiary/aromatic N) is 1. The Labute approximate surface area is 134 Å². The zero-order chi connectivity index (χ0) is 15.7. The minimum absolute atomic E-state index is 0.120. The van der Waals surface area contributed by atoms with E-state index in [1.807, 2.05) is 12.1 Å². The summed E-state index contributed by atoms with van der Waals surface area (Å²) in [6.45, 7) is 0.465. The fourth-order valence-electron chi connectivity index (χ4n) is 2.79. The number of rotatable bonds is 3. The van der Waals surface area contributed by atoms with E-state index in [0.29, 0.717) is 11.6 Å². The largest absolute Gasteiger partial charge is 0.243 e. The Kier molecular flexibility index (Phi) is 4.21. The minimum Gasteiger partial charge on any atom is -0.207 e. The van der Waals surface area contributed by atoms with Gasteiger partial charge in [0.25, 0.3) is 0 Å². The molecule has 6 heteroatoms. The van der Waals surface area contributed by atoms with Crippen LogP contribution in [0.5, 0.6) is 0 Å². The van der Waals surface area contributed by atoms with Gasteiger partial charge in [0.2, 0.25) is 10.0 Å². The summed E-state index contributed by atoms with van der Waals surface area (Å²) < 4.78 is 40.0. The van der Waals surface area contributed by atoms with Gasteiger partial charge < -0.3 is 0 Å². The predicted molar refractivity (Wildman–Crippen MR) is 83.7 cm³/mol. The van der Waals surface area contributed by atoms with E-state index >= 15 is 0 Å². The van der Waals surface area contributed by atoms with E-state index in [1.54, 1.807) is 12.1 Å². The SMILES string of the molecule is O=S(=O)(c1ccc(F)cc1)N1CCC[C@@H]1c1ccc(Cl)cc1. The topological polar surface area (TPSA) is 37.4 Å². The first-order chi connectivity index (χ1) is 10.5. The van der Waals surface area contributed by atoms with Crippen molar-refractivity contribution in [3.63, 3.8) is 0 Å². The summed E-state index contributed by atoms with van der Waals surface area (Å²) in [5, 5.41) is 0.620. The molecule has 0 saturated carbocycles. The molecular weight excluding hydrogens is 325 g/mol. The third kappa shape index (κ3) is 2.89. The Balaban J connectivity index is 1.95. The fourth-order valence-corrected chi connectivity index (χ4v) is 4.60. The molecule has 0 N–H and O–H groups in total. The van der Waals surface area contributed by atoms with E-state index in [9.17, 15) is 12.8 Å². The Hall–Kier alpha value is -1.43. The van der Waals surface area contributed by atoms with Gasteiger partial charge in [-0.15, -0.1) is 0 Å².